The molecular weight excluding hydrogens is 314 g/mol. The quantitative estimate of drug-likeness (QED) is 0.745. The number of aromatic nitrogens is 4. The first-order valence-electron chi connectivity index (χ1n) is 8.54. The van der Waals surface area contributed by atoms with Crippen molar-refractivity contribution in [1.29, 1.82) is 0 Å². The molecule has 0 spiro atoms. The number of nitrogens with zero attached hydrogens (tertiary/aromatic N) is 4. The van der Waals surface area contributed by atoms with Gasteiger partial charge in [0.15, 0.2) is 0 Å². The second-order valence-electron chi connectivity index (χ2n) is 6.57. The summed E-state index contributed by atoms with van der Waals surface area (Å²) in [6.07, 6.45) is 4.15. The fraction of sp³-hybridized carbons (Fsp3) is 0.316. The molecule has 128 valence electrons. The van der Waals surface area contributed by atoms with Crippen LogP contribution in [0.1, 0.15) is 11.3 Å². The second-order valence-corrected chi connectivity index (χ2v) is 6.57. The van der Waals surface area contributed by atoms with Crippen molar-refractivity contribution in [3.05, 3.63) is 66.1 Å². The highest BCUT2D eigenvalue weighted by Crippen LogP contribution is 2.25. The first-order chi connectivity index (χ1) is 12.3. The molecule has 1 saturated heterocycles. The van der Waals surface area contributed by atoms with Crippen LogP contribution in [0.25, 0.3) is 11.3 Å². The lowest BCUT2D eigenvalue weighted by Gasteiger charge is -2.15. The second kappa shape index (κ2) is 7.13. The summed E-state index contributed by atoms with van der Waals surface area (Å²) in [6, 6.07) is 14.1. The number of pyridine rings is 1. The Kier molecular flexibility index (Phi) is 4.54. The molecule has 6 heteroatoms. The van der Waals surface area contributed by atoms with Gasteiger partial charge in [0, 0.05) is 43.5 Å². The molecule has 0 aliphatic carbocycles. The molecule has 0 bridgehead atoms. The van der Waals surface area contributed by atoms with Crippen molar-refractivity contribution in [2.75, 3.05) is 13.1 Å². The molecule has 1 aliphatic rings. The summed E-state index contributed by atoms with van der Waals surface area (Å²) < 4.78 is 0. The first-order valence-corrected chi connectivity index (χ1v) is 8.54. The van der Waals surface area contributed by atoms with Gasteiger partial charge in [0.25, 0.3) is 0 Å². The monoisotopic (exact) mass is 335 g/mol. The van der Waals surface area contributed by atoms with Crippen molar-refractivity contribution in [2.24, 2.45) is 5.92 Å². The molecule has 3 aromatic rings. The minimum atomic E-state index is -0.319. The van der Waals surface area contributed by atoms with Crippen LogP contribution in [0.2, 0.25) is 0 Å². The minimum Gasteiger partial charge on any atom is -0.391 e. The molecule has 0 radical (unpaired) electrons. The van der Waals surface area contributed by atoms with Crippen molar-refractivity contribution in [3.63, 3.8) is 0 Å². The highest BCUT2D eigenvalue weighted by molar-refractivity contribution is 5.60. The van der Waals surface area contributed by atoms with Crippen LogP contribution in [0, 0.1) is 5.92 Å². The van der Waals surface area contributed by atoms with Crippen LogP contribution in [0.3, 0.4) is 0 Å². The third-order valence-corrected chi connectivity index (χ3v) is 4.77. The number of likely N-dealkylation sites (tertiary alicyclic amines) is 1. The topological polar surface area (TPSA) is 77.9 Å². The number of aliphatic hydroxyl groups excluding tert-OH is 1. The number of β-amino-alcohol motifs (C(OH)–C–C–N with tert-alkyl or cyclic N) is 1. The largest absolute Gasteiger partial charge is 0.391 e. The Morgan fingerprint density at radius 1 is 1.04 bits per heavy atom. The standard InChI is InChI=1S/C19H21N5O/c25-18-13-24(11-16(18)10-14-6-8-20-9-7-14)12-17-19(22-23-21-17)15-4-2-1-3-5-15/h1-9,16,18,25H,10-13H2,(H,21,22,23)/t16-,18-/m1/s1. The van der Waals surface area contributed by atoms with E-state index >= 15 is 0 Å². The van der Waals surface area contributed by atoms with E-state index < -0.39 is 0 Å². The van der Waals surface area contributed by atoms with Gasteiger partial charge in [-0.05, 0) is 24.1 Å². The smallest absolute Gasteiger partial charge is 0.117 e. The fourth-order valence-electron chi connectivity index (χ4n) is 3.49. The number of H-pyrrole nitrogens is 1. The Morgan fingerprint density at radius 3 is 2.64 bits per heavy atom. The van der Waals surface area contributed by atoms with E-state index in [2.05, 4.69) is 25.3 Å². The van der Waals surface area contributed by atoms with E-state index in [1.807, 2.05) is 42.5 Å². The normalized spacial score (nSPS) is 20.8. The summed E-state index contributed by atoms with van der Waals surface area (Å²) in [4.78, 5) is 6.30. The van der Waals surface area contributed by atoms with Gasteiger partial charge in [-0.3, -0.25) is 9.88 Å². The van der Waals surface area contributed by atoms with Crippen LogP contribution in [-0.2, 0) is 13.0 Å². The van der Waals surface area contributed by atoms with Crippen LogP contribution in [0.15, 0.2) is 54.9 Å². The molecule has 0 saturated carbocycles. The number of hydrogen-bond acceptors (Lipinski definition) is 5. The lowest BCUT2D eigenvalue weighted by molar-refractivity contribution is 0.141. The van der Waals surface area contributed by atoms with E-state index in [-0.39, 0.29) is 12.0 Å². The van der Waals surface area contributed by atoms with Crippen molar-refractivity contribution in [3.8, 4) is 11.3 Å². The molecule has 3 heterocycles. The number of aromatic amines is 1. The van der Waals surface area contributed by atoms with Gasteiger partial charge in [0.1, 0.15) is 11.4 Å². The van der Waals surface area contributed by atoms with Crippen LogP contribution in [0.5, 0.6) is 0 Å². The van der Waals surface area contributed by atoms with E-state index in [0.717, 1.165) is 29.9 Å². The van der Waals surface area contributed by atoms with Crippen molar-refractivity contribution in [1.82, 2.24) is 25.3 Å². The predicted molar refractivity (Wildman–Crippen MR) is 94.5 cm³/mol. The molecule has 4 rings (SSSR count). The number of nitrogens with one attached hydrogen (secondary N) is 1. The summed E-state index contributed by atoms with van der Waals surface area (Å²) in [7, 11) is 0. The summed E-state index contributed by atoms with van der Waals surface area (Å²) in [5.74, 6) is 0.231. The predicted octanol–water partition coefficient (Wildman–Crippen LogP) is 1.90. The van der Waals surface area contributed by atoms with E-state index in [9.17, 15) is 5.11 Å². The molecule has 6 nitrogen and oxygen atoms in total. The molecule has 25 heavy (non-hydrogen) atoms. The van der Waals surface area contributed by atoms with E-state index in [1.165, 1.54) is 5.56 Å². The average Bonchev–Trinajstić information content (AvgIpc) is 3.24. The third-order valence-electron chi connectivity index (χ3n) is 4.77. The van der Waals surface area contributed by atoms with Gasteiger partial charge in [-0.1, -0.05) is 30.3 Å². The van der Waals surface area contributed by atoms with Crippen LogP contribution in [0.4, 0.5) is 0 Å². The maximum Gasteiger partial charge on any atom is 0.117 e. The molecule has 0 unspecified atom stereocenters. The lowest BCUT2D eigenvalue weighted by Crippen LogP contribution is -2.22. The van der Waals surface area contributed by atoms with E-state index in [1.54, 1.807) is 12.4 Å². The molecule has 2 atom stereocenters. The maximum absolute atomic E-state index is 10.4. The summed E-state index contributed by atoms with van der Waals surface area (Å²) in [5.41, 5.74) is 4.07. The van der Waals surface area contributed by atoms with Crippen LogP contribution in [-0.4, -0.2) is 49.6 Å². The highest BCUT2D eigenvalue weighted by Gasteiger charge is 2.32. The van der Waals surface area contributed by atoms with Gasteiger partial charge in [-0.15, -0.1) is 0 Å². The highest BCUT2D eigenvalue weighted by atomic mass is 16.3. The van der Waals surface area contributed by atoms with Gasteiger partial charge >= 0.3 is 0 Å². The number of hydrogen-bond donors (Lipinski definition) is 2. The number of benzene rings is 1. The van der Waals surface area contributed by atoms with Gasteiger partial charge in [0.2, 0.25) is 0 Å². The van der Waals surface area contributed by atoms with Crippen LogP contribution < -0.4 is 0 Å². The van der Waals surface area contributed by atoms with Crippen molar-refractivity contribution < 1.29 is 5.11 Å². The van der Waals surface area contributed by atoms with E-state index in [4.69, 9.17) is 0 Å². The molecule has 1 aromatic carbocycles. The first kappa shape index (κ1) is 15.9. The molecular formula is C19H21N5O. The zero-order chi connectivity index (χ0) is 17.1. The molecule has 1 aliphatic heterocycles. The minimum absolute atomic E-state index is 0.231. The fourth-order valence-corrected chi connectivity index (χ4v) is 3.49. The third kappa shape index (κ3) is 3.60. The van der Waals surface area contributed by atoms with E-state index in [0.29, 0.717) is 13.1 Å². The van der Waals surface area contributed by atoms with Gasteiger partial charge in [-0.2, -0.15) is 15.4 Å². The van der Waals surface area contributed by atoms with Crippen molar-refractivity contribution >= 4 is 0 Å². The zero-order valence-corrected chi connectivity index (χ0v) is 13.9. The molecule has 0 amide bonds. The Bertz CT molecular complexity index is 805. The summed E-state index contributed by atoms with van der Waals surface area (Å²) in [6.45, 7) is 2.20. The van der Waals surface area contributed by atoms with Gasteiger partial charge in [-0.25, -0.2) is 0 Å². The Morgan fingerprint density at radius 2 is 1.84 bits per heavy atom. The summed E-state index contributed by atoms with van der Waals surface area (Å²) in [5, 5.41) is 21.8. The SMILES string of the molecule is O[C@@H]1CN(Cc2n[nH]nc2-c2ccccc2)C[C@H]1Cc1ccncc1. The molecule has 2 N–H and O–H groups in total. The van der Waals surface area contributed by atoms with Gasteiger partial charge in [0.05, 0.1) is 6.10 Å². The Labute approximate surface area is 146 Å². The summed E-state index contributed by atoms with van der Waals surface area (Å²) >= 11 is 0. The zero-order valence-electron chi connectivity index (χ0n) is 13.9. The number of rotatable bonds is 5. The molecule has 1 fully saturated rings. The maximum atomic E-state index is 10.4. The average molecular weight is 335 g/mol. The van der Waals surface area contributed by atoms with Crippen molar-refractivity contribution in [2.45, 2.75) is 19.1 Å². The lowest BCUT2D eigenvalue weighted by atomic mass is 9.97. The van der Waals surface area contributed by atoms with Gasteiger partial charge < -0.3 is 5.11 Å². The number of aliphatic hydroxyl groups is 1. The van der Waals surface area contributed by atoms with Crippen LogP contribution >= 0.6 is 0 Å². The Hall–Kier alpha value is -2.57. The Balaban J connectivity index is 1.44. The molecule has 2 aromatic heterocycles.